The van der Waals surface area contributed by atoms with Gasteiger partial charge in [-0.2, -0.15) is 5.10 Å². The molecule has 5 heteroatoms. The van der Waals surface area contributed by atoms with E-state index in [2.05, 4.69) is 15.4 Å². The van der Waals surface area contributed by atoms with E-state index in [1.165, 1.54) is 6.33 Å². The molecule has 2 heterocycles. The number of nitrogens with zero attached hydrogens (tertiary/aromatic N) is 3. The van der Waals surface area contributed by atoms with Crippen LogP contribution in [0.5, 0.6) is 0 Å². The minimum Gasteiger partial charge on any atom is -0.465 e. The lowest BCUT2D eigenvalue weighted by Gasteiger charge is -2.06. The molecule has 0 amide bonds. The van der Waals surface area contributed by atoms with Gasteiger partial charge in [-0.05, 0) is 43.3 Å². The van der Waals surface area contributed by atoms with Crippen molar-refractivity contribution in [2.75, 3.05) is 5.32 Å². The lowest BCUT2D eigenvalue weighted by Crippen LogP contribution is -1.99. The average Bonchev–Trinajstić information content (AvgIpc) is 3.08. The summed E-state index contributed by atoms with van der Waals surface area (Å²) in [5.41, 5.74) is 2.02. The van der Waals surface area contributed by atoms with E-state index in [1.54, 1.807) is 11.0 Å². The van der Waals surface area contributed by atoms with Crippen molar-refractivity contribution in [3.05, 3.63) is 60.6 Å². The Morgan fingerprint density at radius 2 is 2.00 bits per heavy atom. The number of aromatic nitrogens is 3. The van der Waals surface area contributed by atoms with Gasteiger partial charge >= 0.3 is 0 Å². The van der Waals surface area contributed by atoms with Gasteiger partial charge in [0, 0.05) is 5.69 Å². The summed E-state index contributed by atoms with van der Waals surface area (Å²) in [6, 6.07) is 11.9. The molecule has 3 rings (SSSR count). The van der Waals surface area contributed by atoms with Gasteiger partial charge < -0.3 is 9.73 Å². The first kappa shape index (κ1) is 11.5. The maximum absolute atomic E-state index is 5.50. The fourth-order valence-corrected chi connectivity index (χ4v) is 1.84. The zero-order valence-corrected chi connectivity index (χ0v) is 10.6. The fraction of sp³-hybridized carbons (Fsp3) is 0.143. The first-order chi connectivity index (χ1) is 9.31. The Morgan fingerprint density at radius 1 is 1.16 bits per heavy atom. The summed E-state index contributed by atoms with van der Waals surface area (Å²) in [5, 5.41) is 7.39. The number of rotatable bonds is 4. The van der Waals surface area contributed by atoms with E-state index < -0.39 is 0 Å². The van der Waals surface area contributed by atoms with Gasteiger partial charge in [-0.1, -0.05) is 0 Å². The first-order valence-electron chi connectivity index (χ1n) is 6.05. The molecule has 5 nitrogen and oxygen atoms in total. The largest absolute Gasteiger partial charge is 0.465 e. The van der Waals surface area contributed by atoms with Crippen molar-refractivity contribution in [3.8, 4) is 5.69 Å². The Kier molecular flexibility index (Phi) is 3.02. The lowest BCUT2D eigenvalue weighted by molar-refractivity contribution is 0.490. The molecule has 0 unspecified atom stereocenters. The van der Waals surface area contributed by atoms with Crippen molar-refractivity contribution in [1.29, 1.82) is 0 Å². The summed E-state index contributed by atoms with van der Waals surface area (Å²) in [6.07, 6.45) is 3.19. The molecule has 0 atom stereocenters. The van der Waals surface area contributed by atoms with E-state index in [0.717, 1.165) is 22.9 Å². The minimum absolute atomic E-state index is 0.677. The van der Waals surface area contributed by atoms with E-state index in [9.17, 15) is 0 Å². The molecule has 96 valence electrons. The molecule has 0 spiro atoms. The fourth-order valence-electron chi connectivity index (χ4n) is 1.84. The molecule has 0 aliphatic carbocycles. The summed E-state index contributed by atoms with van der Waals surface area (Å²) in [5.74, 6) is 1.86. The molecule has 0 saturated heterocycles. The highest BCUT2D eigenvalue weighted by molar-refractivity contribution is 5.48. The Hall–Kier alpha value is -2.56. The second-order valence-corrected chi connectivity index (χ2v) is 4.25. The summed E-state index contributed by atoms with van der Waals surface area (Å²) in [7, 11) is 0. The van der Waals surface area contributed by atoms with Crippen LogP contribution >= 0.6 is 0 Å². The molecule has 19 heavy (non-hydrogen) atoms. The number of benzene rings is 1. The molecule has 0 aliphatic heterocycles. The van der Waals surface area contributed by atoms with Gasteiger partial charge in [-0.3, -0.25) is 0 Å². The average molecular weight is 254 g/mol. The van der Waals surface area contributed by atoms with E-state index >= 15 is 0 Å². The highest BCUT2D eigenvalue weighted by Gasteiger charge is 2.00. The number of aryl methyl sites for hydroxylation is 1. The number of nitrogens with one attached hydrogen (secondary N) is 1. The monoisotopic (exact) mass is 254 g/mol. The second-order valence-electron chi connectivity index (χ2n) is 4.25. The Labute approximate surface area is 110 Å². The molecule has 3 aromatic rings. The third kappa shape index (κ3) is 2.65. The van der Waals surface area contributed by atoms with Crippen molar-refractivity contribution in [1.82, 2.24) is 14.8 Å². The molecule has 2 aromatic heterocycles. The van der Waals surface area contributed by atoms with Crippen molar-refractivity contribution in [2.45, 2.75) is 13.5 Å². The summed E-state index contributed by atoms with van der Waals surface area (Å²) >= 11 is 0. The van der Waals surface area contributed by atoms with Gasteiger partial charge in [0.15, 0.2) is 0 Å². The number of hydrogen-bond donors (Lipinski definition) is 1. The zero-order chi connectivity index (χ0) is 13.1. The quantitative estimate of drug-likeness (QED) is 0.777. The van der Waals surface area contributed by atoms with Crippen molar-refractivity contribution in [3.63, 3.8) is 0 Å². The van der Waals surface area contributed by atoms with Crippen molar-refractivity contribution in [2.24, 2.45) is 0 Å². The van der Waals surface area contributed by atoms with Gasteiger partial charge in [-0.15, -0.1) is 0 Å². The maximum atomic E-state index is 5.50. The van der Waals surface area contributed by atoms with E-state index in [-0.39, 0.29) is 0 Å². The van der Waals surface area contributed by atoms with Gasteiger partial charge in [0.25, 0.3) is 0 Å². The molecule has 1 N–H and O–H groups in total. The molecule has 0 aliphatic rings. The highest BCUT2D eigenvalue weighted by atomic mass is 16.3. The van der Waals surface area contributed by atoms with E-state index in [4.69, 9.17) is 4.42 Å². The normalized spacial score (nSPS) is 10.6. The minimum atomic E-state index is 0.677. The molecular weight excluding hydrogens is 240 g/mol. The van der Waals surface area contributed by atoms with Crippen LogP contribution in [0.1, 0.15) is 11.5 Å². The Balaban J connectivity index is 1.66. The Bertz CT molecular complexity index is 640. The third-order valence-electron chi connectivity index (χ3n) is 2.81. The smallest absolute Gasteiger partial charge is 0.138 e. The number of furan rings is 1. The summed E-state index contributed by atoms with van der Waals surface area (Å²) in [6.45, 7) is 2.62. The van der Waals surface area contributed by atoms with Crippen molar-refractivity contribution >= 4 is 5.69 Å². The van der Waals surface area contributed by atoms with Crippen LogP contribution in [-0.4, -0.2) is 14.8 Å². The molecule has 0 fully saturated rings. The van der Waals surface area contributed by atoms with Gasteiger partial charge in [0.05, 0.1) is 12.2 Å². The van der Waals surface area contributed by atoms with E-state index in [1.807, 2.05) is 43.3 Å². The van der Waals surface area contributed by atoms with Crippen LogP contribution in [0.15, 0.2) is 53.5 Å². The van der Waals surface area contributed by atoms with Gasteiger partial charge in [0.2, 0.25) is 0 Å². The Morgan fingerprint density at radius 3 is 2.63 bits per heavy atom. The van der Waals surface area contributed by atoms with Crippen LogP contribution < -0.4 is 5.32 Å². The molecule has 1 aromatic carbocycles. The van der Waals surface area contributed by atoms with Crippen LogP contribution in [0.2, 0.25) is 0 Å². The van der Waals surface area contributed by atoms with Crippen molar-refractivity contribution < 1.29 is 4.42 Å². The topological polar surface area (TPSA) is 55.9 Å². The third-order valence-corrected chi connectivity index (χ3v) is 2.81. The zero-order valence-electron chi connectivity index (χ0n) is 10.6. The van der Waals surface area contributed by atoms with Crippen LogP contribution in [0.3, 0.4) is 0 Å². The number of anilines is 1. The van der Waals surface area contributed by atoms with E-state index in [0.29, 0.717) is 6.54 Å². The van der Waals surface area contributed by atoms with Crippen LogP contribution in [0.4, 0.5) is 5.69 Å². The summed E-state index contributed by atoms with van der Waals surface area (Å²) < 4.78 is 7.22. The van der Waals surface area contributed by atoms with Crippen LogP contribution in [0, 0.1) is 6.92 Å². The highest BCUT2D eigenvalue weighted by Crippen LogP contribution is 2.14. The molecule has 0 saturated carbocycles. The maximum Gasteiger partial charge on any atom is 0.138 e. The van der Waals surface area contributed by atoms with Gasteiger partial charge in [0.1, 0.15) is 24.2 Å². The molecule has 0 radical (unpaired) electrons. The molecular formula is C14H14N4O. The lowest BCUT2D eigenvalue weighted by atomic mass is 10.3. The SMILES string of the molecule is Cc1ccc(CNc2ccc(-n3cncn3)cc2)o1. The standard InChI is InChI=1S/C14H14N4O/c1-11-2-7-14(19-11)8-16-12-3-5-13(6-4-12)18-10-15-9-17-18/h2-7,9-10,16H,8H2,1H3. The summed E-state index contributed by atoms with van der Waals surface area (Å²) in [4.78, 5) is 3.92. The second kappa shape index (κ2) is 4.97. The predicted octanol–water partition coefficient (Wildman–Crippen LogP) is 2.78. The van der Waals surface area contributed by atoms with Crippen LogP contribution in [0.25, 0.3) is 5.69 Å². The predicted molar refractivity (Wildman–Crippen MR) is 72.1 cm³/mol. The van der Waals surface area contributed by atoms with Crippen LogP contribution in [-0.2, 0) is 6.54 Å². The van der Waals surface area contributed by atoms with Gasteiger partial charge in [-0.25, -0.2) is 9.67 Å². The number of hydrogen-bond acceptors (Lipinski definition) is 4. The first-order valence-corrected chi connectivity index (χ1v) is 6.05. The molecule has 0 bridgehead atoms.